The second kappa shape index (κ2) is 11.7. The zero-order valence-electron chi connectivity index (χ0n) is 22.4. The first-order valence-electron chi connectivity index (χ1n) is 13.9. The van der Waals surface area contributed by atoms with Crippen molar-refractivity contribution >= 4 is 23.4 Å². The molecule has 1 aliphatic carbocycles. The molecule has 1 amide bonds. The van der Waals surface area contributed by atoms with Gasteiger partial charge in [0.05, 0.1) is 38.3 Å². The van der Waals surface area contributed by atoms with Crippen molar-refractivity contribution in [3.05, 3.63) is 64.9 Å². The van der Waals surface area contributed by atoms with Crippen molar-refractivity contribution in [2.45, 2.75) is 51.0 Å². The van der Waals surface area contributed by atoms with E-state index in [4.69, 9.17) is 19.2 Å². The molecule has 0 spiro atoms. The van der Waals surface area contributed by atoms with E-state index in [-0.39, 0.29) is 12.0 Å². The van der Waals surface area contributed by atoms with Gasteiger partial charge in [0, 0.05) is 66.8 Å². The summed E-state index contributed by atoms with van der Waals surface area (Å²) in [6.07, 6.45) is 12.1. The Hall–Kier alpha value is -3.56. The highest BCUT2D eigenvalue weighted by atomic mass is 16.5. The molecule has 6 rings (SSSR count). The Balaban J connectivity index is 1.20. The fourth-order valence-electron chi connectivity index (χ4n) is 5.14. The van der Waals surface area contributed by atoms with Crippen LogP contribution in [-0.2, 0) is 9.47 Å². The van der Waals surface area contributed by atoms with Crippen molar-refractivity contribution in [3.63, 3.8) is 0 Å². The van der Waals surface area contributed by atoms with Crippen LogP contribution in [0.15, 0.2) is 53.1 Å². The number of aliphatic imine (C=N–C) groups is 1. The van der Waals surface area contributed by atoms with E-state index in [2.05, 4.69) is 26.3 Å². The van der Waals surface area contributed by atoms with Crippen LogP contribution < -0.4 is 15.0 Å². The normalized spacial score (nSPS) is 20.4. The lowest BCUT2D eigenvalue weighted by Crippen LogP contribution is -2.37. The molecule has 0 radical (unpaired) electrons. The second-order valence-electron chi connectivity index (χ2n) is 10.5. The maximum absolute atomic E-state index is 13.0. The van der Waals surface area contributed by atoms with Gasteiger partial charge in [0.2, 0.25) is 5.88 Å². The van der Waals surface area contributed by atoms with Gasteiger partial charge in [-0.3, -0.25) is 14.8 Å². The molecular formula is C30H35N5O4. The maximum atomic E-state index is 13.0. The van der Waals surface area contributed by atoms with E-state index in [9.17, 15) is 4.79 Å². The van der Waals surface area contributed by atoms with Gasteiger partial charge in [-0.2, -0.15) is 0 Å². The lowest BCUT2D eigenvalue weighted by molar-refractivity contribution is 0.0238. The Morgan fingerprint density at radius 1 is 1.05 bits per heavy atom. The molecule has 0 unspecified atom stereocenters. The lowest BCUT2D eigenvalue weighted by Gasteiger charge is -2.31. The number of allylic oxidation sites excluding steroid dienone is 4. The van der Waals surface area contributed by atoms with Gasteiger partial charge in [0.25, 0.3) is 5.91 Å². The van der Waals surface area contributed by atoms with E-state index >= 15 is 0 Å². The first kappa shape index (κ1) is 25.7. The molecule has 0 bridgehead atoms. The van der Waals surface area contributed by atoms with Crippen molar-refractivity contribution in [2.75, 3.05) is 44.4 Å². The predicted molar refractivity (Wildman–Crippen MR) is 149 cm³/mol. The van der Waals surface area contributed by atoms with Crippen LogP contribution in [-0.4, -0.2) is 67.7 Å². The molecule has 1 N–H and O–H groups in total. The molecule has 3 fully saturated rings. The van der Waals surface area contributed by atoms with Gasteiger partial charge in [0.1, 0.15) is 11.8 Å². The van der Waals surface area contributed by atoms with E-state index < -0.39 is 0 Å². The van der Waals surface area contributed by atoms with E-state index in [0.29, 0.717) is 55.9 Å². The molecule has 0 atom stereocenters. The van der Waals surface area contributed by atoms with Gasteiger partial charge >= 0.3 is 0 Å². The summed E-state index contributed by atoms with van der Waals surface area (Å²) in [5, 5.41) is 3.02. The fourth-order valence-corrected chi connectivity index (χ4v) is 5.14. The average Bonchev–Trinajstić information content (AvgIpc) is 3.84. The van der Waals surface area contributed by atoms with Crippen LogP contribution in [0.1, 0.15) is 66.6 Å². The Kier molecular flexibility index (Phi) is 7.69. The van der Waals surface area contributed by atoms with Gasteiger partial charge in [0.15, 0.2) is 0 Å². The third-order valence-electron chi connectivity index (χ3n) is 7.64. The minimum atomic E-state index is -0.149. The van der Waals surface area contributed by atoms with Gasteiger partial charge < -0.3 is 24.4 Å². The summed E-state index contributed by atoms with van der Waals surface area (Å²) in [6.45, 7) is 6.37. The average molecular weight is 530 g/mol. The molecule has 39 heavy (non-hydrogen) atoms. The van der Waals surface area contributed by atoms with Crippen molar-refractivity contribution in [1.82, 2.24) is 15.3 Å². The molecule has 204 valence electrons. The number of hydrogen-bond acceptors (Lipinski definition) is 8. The molecule has 9 heteroatoms. The Labute approximate surface area is 229 Å². The zero-order valence-corrected chi connectivity index (χ0v) is 22.4. The Morgan fingerprint density at radius 3 is 2.64 bits per heavy atom. The Bertz CT molecular complexity index is 1300. The molecule has 3 aliphatic heterocycles. The fraction of sp³-hybridized carbons (Fsp3) is 0.467. The number of carbonyl (C=O) groups is 1. The van der Waals surface area contributed by atoms with Crippen LogP contribution >= 0.6 is 0 Å². The summed E-state index contributed by atoms with van der Waals surface area (Å²) in [4.78, 5) is 29.2. The number of morpholine rings is 1. The van der Waals surface area contributed by atoms with Gasteiger partial charge in [-0.1, -0.05) is 6.08 Å². The zero-order chi connectivity index (χ0) is 26.6. The first-order chi connectivity index (χ1) is 19.1. The smallest absolute Gasteiger partial charge is 0.255 e. The summed E-state index contributed by atoms with van der Waals surface area (Å²) in [7, 11) is 0. The number of aromatic nitrogens is 2. The van der Waals surface area contributed by atoms with Crippen LogP contribution in [0.3, 0.4) is 0 Å². The number of amides is 1. The van der Waals surface area contributed by atoms with Crippen LogP contribution in [0.4, 0.5) is 5.69 Å². The van der Waals surface area contributed by atoms with Crippen LogP contribution in [0.25, 0.3) is 5.57 Å². The second-order valence-corrected chi connectivity index (χ2v) is 10.5. The minimum absolute atomic E-state index is 0.107. The molecule has 1 saturated carbocycles. The standard InChI is InChI=1S/C30H35N5O4/c1-20-26(5-4-24(19-32-20)34-29(36)22-6-9-31-27(16-22)21-2-3-21)23-17-28(35-10-14-38-15-11-35)30(33-18-23)39-25-7-12-37-13-8-25/h4,6,9,16-19,21,25H,2-3,5,7-8,10-15H2,1H3,(H,34,36). The number of anilines is 1. The molecule has 2 aromatic heterocycles. The number of carbonyl (C=O) groups excluding carboxylic acids is 1. The summed E-state index contributed by atoms with van der Waals surface area (Å²) in [5.41, 5.74) is 6.24. The highest BCUT2D eigenvalue weighted by molar-refractivity contribution is 5.99. The number of nitrogens with zero attached hydrogens (tertiary/aromatic N) is 4. The molecule has 2 saturated heterocycles. The number of ether oxygens (including phenoxy) is 3. The topological polar surface area (TPSA) is 98.2 Å². The quantitative estimate of drug-likeness (QED) is 0.572. The van der Waals surface area contributed by atoms with Gasteiger partial charge in [-0.05, 0) is 50.0 Å². The predicted octanol–water partition coefficient (Wildman–Crippen LogP) is 4.27. The summed E-state index contributed by atoms with van der Waals surface area (Å²) in [5.74, 6) is 1.01. The van der Waals surface area contributed by atoms with Crippen molar-refractivity contribution in [2.24, 2.45) is 4.99 Å². The summed E-state index contributed by atoms with van der Waals surface area (Å²) < 4.78 is 17.5. The maximum Gasteiger partial charge on any atom is 0.255 e. The monoisotopic (exact) mass is 529 g/mol. The third-order valence-corrected chi connectivity index (χ3v) is 7.64. The molecular weight excluding hydrogens is 494 g/mol. The minimum Gasteiger partial charge on any atom is -0.473 e. The van der Waals surface area contributed by atoms with E-state index in [0.717, 1.165) is 67.0 Å². The SMILES string of the molecule is CC1=C(c2cnc(OC3CCOCC3)c(N3CCOCC3)c2)CC=C(NC(=O)c2ccnc(C3CC3)c2)C=N1. The highest BCUT2D eigenvalue weighted by Crippen LogP contribution is 2.39. The molecule has 9 nitrogen and oxygen atoms in total. The number of hydrogen-bond donors (Lipinski definition) is 1. The summed E-state index contributed by atoms with van der Waals surface area (Å²) >= 11 is 0. The van der Waals surface area contributed by atoms with Crippen LogP contribution in [0.5, 0.6) is 5.88 Å². The molecule has 0 aromatic carbocycles. The van der Waals surface area contributed by atoms with E-state index in [1.807, 2.05) is 25.3 Å². The van der Waals surface area contributed by atoms with Crippen LogP contribution in [0, 0.1) is 0 Å². The molecule has 2 aromatic rings. The van der Waals surface area contributed by atoms with E-state index in [1.165, 1.54) is 0 Å². The largest absolute Gasteiger partial charge is 0.473 e. The van der Waals surface area contributed by atoms with Crippen molar-refractivity contribution in [1.29, 1.82) is 0 Å². The number of nitrogens with one attached hydrogen (secondary N) is 1. The lowest BCUT2D eigenvalue weighted by atomic mass is 10.0. The van der Waals surface area contributed by atoms with Crippen molar-refractivity contribution < 1.29 is 19.0 Å². The van der Waals surface area contributed by atoms with E-state index in [1.54, 1.807) is 18.5 Å². The number of pyridine rings is 2. The number of rotatable bonds is 7. The van der Waals surface area contributed by atoms with Gasteiger partial charge in [-0.25, -0.2) is 4.98 Å². The highest BCUT2D eigenvalue weighted by Gasteiger charge is 2.26. The summed E-state index contributed by atoms with van der Waals surface area (Å²) in [6, 6.07) is 5.82. The van der Waals surface area contributed by atoms with Crippen molar-refractivity contribution in [3.8, 4) is 5.88 Å². The van der Waals surface area contributed by atoms with Gasteiger partial charge in [-0.15, -0.1) is 0 Å². The third kappa shape index (κ3) is 6.20. The first-order valence-corrected chi connectivity index (χ1v) is 13.9. The van der Waals surface area contributed by atoms with Crippen LogP contribution in [0.2, 0.25) is 0 Å². The Morgan fingerprint density at radius 2 is 1.85 bits per heavy atom. The molecule has 4 aliphatic rings. The molecule has 5 heterocycles.